The zero-order valence-electron chi connectivity index (χ0n) is 10.2. The Morgan fingerprint density at radius 3 is 2.67 bits per heavy atom. The molecular weight excluding hydrogens is 182 g/mol. The van der Waals surface area contributed by atoms with E-state index >= 15 is 0 Å². The molecule has 1 nitrogen and oxygen atoms in total. The summed E-state index contributed by atoms with van der Waals surface area (Å²) in [5.74, 6) is 0.626. The SMILES string of the molecule is CC(C)c1ccc2c(c1)C(C)(C)CNC2. The molecule has 1 heteroatoms. The Hall–Kier alpha value is -0.820. The van der Waals surface area contributed by atoms with Crippen molar-refractivity contribution in [3.63, 3.8) is 0 Å². The van der Waals surface area contributed by atoms with Crippen molar-refractivity contribution >= 4 is 0 Å². The normalized spacial score (nSPS) is 19.0. The summed E-state index contributed by atoms with van der Waals surface area (Å²) in [5.41, 5.74) is 4.74. The molecule has 0 fully saturated rings. The first-order chi connectivity index (χ1) is 7.00. The van der Waals surface area contributed by atoms with E-state index in [2.05, 4.69) is 51.2 Å². The van der Waals surface area contributed by atoms with Gasteiger partial charge in [0.2, 0.25) is 0 Å². The van der Waals surface area contributed by atoms with Crippen LogP contribution in [0.2, 0.25) is 0 Å². The third kappa shape index (κ3) is 1.93. The number of hydrogen-bond acceptors (Lipinski definition) is 1. The van der Waals surface area contributed by atoms with Crippen LogP contribution in [0.4, 0.5) is 0 Å². The van der Waals surface area contributed by atoms with Gasteiger partial charge in [0.05, 0.1) is 0 Å². The molecule has 1 aliphatic heterocycles. The largest absolute Gasteiger partial charge is 0.312 e. The van der Waals surface area contributed by atoms with Crippen LogP contribution in [-0.4, -0.2) is 6.54 Å². The van der Waals surface area contributed by atoms with Crippen LogP contribution in [0.5, 0.6) is 0 Å². The molecule has 0 aromatic heterocycles. The third-order valence-corrected chi connectivity index (χ3v) is 3.41. The minimum Gasteiger partial charge on any atom is -0.312 e. The van der Waals surface area contributed by atoms with Gasteiger partial charge in [-0.3, -0.25) is 0 Å². The Labute approximate surface area is 92.9 Å². The van der Waals surface area contributed by atoms with Crippen molar-refractivity contribution in [2.24, 2.45) is 0 Å². The van der Waals surface area contributed by atoms with Gasteiger partial charge in [0, 0.05) is 18.5 Å². The van der Waals surface area contributed by atoms with Crippen molar-refractivity contribution < 1.29 is 0 Å². The Morgan fingerprint density at radius 2 is 2.00 bits per heavy atom. The molecule has 0 radical (unpaired) electrons. The van der Waals surface area contributed by atoms with Gasteiger partial charge in [0.25, 0.3) is 0 Å². The summed E-state index contributed by atoms with van der Waals surface area (Å²) in [6.07, 6.45) is 0. The predicted molar refractivity (Wildman–Crippen MR) is 65.3 cm³/mol. The van der Waals surface area contributed by atoms with Gasteiger partial charge in [-0.1, -0.05) is 45.9 Å². The molecular formula is C14H21N. The molecule has 0 saturated carbocycles. The number of fused-ring (bicyclic) bond motifs is 1. The first-order valence-electron chi connectivity index (χ1n) is 5.85. The maximum atomic E-state index is 3.48. The lowest BCUT2D eigenvalue weighted by Gasteiger charge is -2.33. The molecule has 1 aromatic carbocycles. The molecule has 1 N–H and O–H groups in total. The van der Waals surface area contributed by atoms with E-state index in [0.29, 0.717) is 5.92 Å². The van der Waals surface area contributed by atoms with Crippen LogP contribution in [0, 0.1) is 0 Å². The lowest BCUT2D eigenvalue weighted by atomic mass is 9.78. The lowest BCUT2D eigenvalue weighted by Crippen LogP contribution is -2.38. The number of hydrogen-bond donors (Lipinski definition) is 1. The highest BCUT2D eigenvalue weighted by Crippen LogP contribution is 2.31. The fourth-order valence-electron chi connectivity index (χ4n) is 2.34. The van der Waals surface area contributed by atoms with Crippen LogP contribution in [0.3, 0.4) is 0 Å². The van der Waals surface area contributed by atoms with E-state index in [0.717, 1.165) is 13.1 Å². The quantitative estimate of drug-likeness (QED) is 0.739. The monoisotopic (exact) mass is 203 g/mol. The zero-order chi connectivity index (χ0) is 11.1. The summed E-state index contributed by atoms with van der Waals surface area (Å²) in [4.78, 5) is 0. The third-order valence-electron chi connectivity index (χ3n) is 3.41. The van der Waals surface area contributed by atoms with Crippen molar-refractivity contribution in [1.29, 1.82) is 0 Å². The van der Waals surface area contributed by atoms with Crippen molar-refractivity contribution in [1.82, 2.24) is 5.32 Å². The summed E-state index contributed by atoms with van der Waals surface area (Å²) in [6.45, 7) is 11.3. The molecule has 0 unspecified atom stereocenters. The van der Waals surface area contributed by atoms with Crippen molar-refractivity contribution in [2.45, 2.75) is 45.6 Å². The molecule has 1 aliphatic rings. The average Bonchev–Trinajstić information content (AvgIpc) is 2.17. The highest BCUT2D eigenvalue weighted by Gasteiger charge is 2.27. The summed E-state index contributed by atoms with van der Waals surface area (Å²) in [5, 5.41) is 3.48. The standard InChI is InChI=1S/C14H21N/c1-10(2)11-5-6-12-8-15-9-14(3,4)13(12)7-11/h5-7,10,15H,8-9H2,1-4H3. The fourth-order valence-corrected chi connectivity index (χ4v) is 2.34. The van der Waals surface area contributed by atoms with Crippen LogP contribution >= 0.6 is 0 Å². The first-order valence-corrected chi connectivity index (χ1v) is 5.85. The van der Waals surface area contributed by atoms with E-state index in [1.54, 1.807) is 0 Å². The van der Waals surface area contributed by atoms with Gasteiger partial charge in [0.1, 0.15) is 0 Å². The van der Waals surface area contributed by atoms with Crippen LogP contribution < -0.4 is 5.32 Å². The Morgan fingerprint density at radius 1 is 1.27 bits per heavy atom. The number of benzene rings is 1. The summed E-state index contributed by atoms with van der Waals surface area (Å²) in [7, 11) is 0. The average molecular weight is 203 g/mol. The predicted octanol–water partition coefficient (Wildman–Crippen LogP) is 3.19. The van der Waals surface area contributed by atoms with Crippen LogP contribution in [0.1, 0.15) is 50.3 Å². The minimum atomic E-state index is 0.276. The van der Waals surface area contributed by atoms with E-state index in [9.17, 15) is 0 Å². The van der Waals surface area contributed by atoms with Gasteiger partial charge in [-0.25, -0.2) is 0 Å². The molecule has 0 aliphatic carbocycles. The minimum absolute atomic E-state index is 0.276. The number of nitrogens with one attached hydrogen (secondary N) is 1. The molecule has 0 saturated heterocycles. The molecule has 0 bridgehead atoms. The molecule has 2 rings (SSSR count). The van der Waals surface area contributed by atoms with Gasteiger partial charge in [-0.15, -0.1) is 0 Å². The zero-order valence-corrected chi connectivity index (χ0v) is 10.2. The summed E-state index contributed by atoms with van der Waals surface area (Å²) in [6, 6.07) is 6.96. The van der Waals surface area contributed by atoms with Gasteiger partial charge < -0.3 is 5.32 Å². The van der Waals surface area contributed by atoms with E-state index in [1.165, 1.54) is 16.7 Å². The highest BCUT2D eigenvalue weighted by molar-refractivity contribution is 5.40. The smallest absolute Gasteiger partial charge is 0.0208 e. The molecule has 15 heavy (non-hydrogen) atoms. The molecule has 0 atom stereocenters. The molecule has 1 aromatic rings. The second kappa shape index (κ2) is 3.64. The lowest BCUT2D eigenvalue weighted by molar-refractivity contribution is 0.434. The molecule has 0 amide bonds. The van der Waals surface area contributed by atoms with Gasteiger partial charge in [-0.2, -0.15) is 0 Å². The first kappa shape index (κ1) is 10.7. The second-order valence-electron chi connectivity index (χ2n) is 5.56. The van der Waals surface area contributed by atoms with Gasteiger partial charge in [-0.05, 0) is 22.6 Å². The van der Waals surface area contributed by atoms with Crippen LogP contribution in [-0.2, 0) is 12.0 Å². The summed E-state index contributed by atoms with van der Waals surface area (Å²) >= 11 is 0. The van der Waals surface area contributed by atoms with E-state index in [-0.39, 0.29) is 5.41 Å². The topological polar surface area (TPSA) is 12.0 Å². The van der Waals surface area contributed by atoms with Crippen molar-refractivity contribution in [3.05, 3.63) is 34.9 Å². The van der Waals surface area contributed by atoms with E-state index in [1.807, 2.05) is 0 Å². The maximum absolute atomic E-state index is 3.48. The molecule has 0 spiro atoms. The molecule has 82 valence electrons. The maximum Gasteiger partial charge on any atom is 0.0208 e. The Balaban J connectivity index is 2.49. The highest BCUT2D eigenvalue weighted by atomic mass is 14.9. The van der Waals surface area contributed by atoms with E-state index in [4.69, 9.17) is 0 Å². The van der Waals surface area contributed by atoms with Crippen molar-refractivity contribution in [2.75, 3.05) is 6.54 Å². The molecule has 1 heterocycles. The van der Waals surface area contributed by atoms with Crippen LogP contribution in [0.15, 0.2) is 18.2 Å². The van der Waals surface area contributed by atoms with E-state index < -0.39 is 0 Å². The summed E-state index contributed by atoms with van der Waals surface area (Å²) < 4.78 is 0. The number of rotatable bonds is 1. The van der Waals surface area contributed by atoms with Crippen molar-refractivity contribution in [3.8, 4) is 0 Å². The Kier molecular flexibility index (Phi) is 2.59. The van der Waals surface area contributed by atoms with Crippen LogP contribution in [0.25, 0.3) is 0 Å². The van der Waals surface area contributed by atoms with Gasteiger partial charge >= 0.3 is 0 Å². The Bertz CT molecular complexity index is 364. The fraction of sp³-hybridized carbons (Fsp3) is 0.571. The van der Waals surface area contributed by atoms with Gasteiger partial charge in [0.15, 0.2) is 0 Å². The second-order valence-corrected chi connectivity index (χ2v) is 5.56.